The van der Waals surface area contributed by atoms with Crippen LogP contribution in [0.15, 0.2) is 38.9 Å². The van der Waals surface area contributed by atoms with Gasteiger partial charge in [0, 0.05) is 16.7 Å². The fourth-order valence-electron chi connectivity index (χ4n) is 1.14. The average molecular weight is 333 g/mol. The summed E-state index contributed by atoms with van der Waals surface area (Å²) in [7, 11) is 0. The molecule has 0 spiro atoms. The second-order valence-electron chi connectivity index (χ2n) is 3.17. The summed E-state index contributed by atoms with van der Waals surface area (Å²) in [5.74, 6) is 3.26. The molecule has 0 radical (unpaired) electrons. The molecule has 94 valence electrons. The largest absolute Gasteiger partial charge is 0.306 e. The summed E-state index contributed by atoms with van der Waals surface area (Å²) in [5.41, 5.74) is 2.06. The molecule has 4 nitrogen and oxygen atoms in total. The van der Waals surface area contributed by atoms with Crippen LogP contribution in [0.2, 0.25) is 0 Å². The van der Waals surface area contributed by atoms with Crippen LogP contribution in [0.1, 0.15) is 0 Å². The first kappa shape index (κ1) is 13.2. The van der Waals surface area contributed by atoms with Crippen molar-refractivity contribution in [1.29, 1.82) is 0 Å². The van der Waals surface area contributed by atoms with Gasteiger partial charge in [-0.1, -0.05) is 0 Å². The van der Waals surface area contributed by atoms with Gasteiger partial charge in [-0.2, -0.15) is 0 Å². The van der Waals surface area contributed by atoms with Crippen molar-refractivity contribution in [3.8, 4) is 0 Å². The summed E-state index contributed by atoms with van der Waals surface area (Å²) in [6.45, 7) is 0. The van der Waals surface area contributed by atoms with E-state index >= 15 is 0 Å². The molecule has 2 heterocycles. The quantitative estimate of drug-likeness (QED) is 0.668. The molecule has 0 saturated carbocycles. The van der Waals surface area contributed by atoms with Gasteiger partial charge in [-0.15, -0.1) is 0 Å². The van der Waals surface area contributed by atoms with Crippen molar-refractivity contribution in [3.63, 3.8) is 0 Å². The Labute approximate surface area is 114 Å². The van der Waals surface area contributed by atoms with E-state index in [1.165, 1.54) is 0 Å². The van der Waals surface area contributed by atoms with Gasteiger partial charge in [-0.3, -0.25) is 0 Å². The first-order chi connectivity index (χ1) is 8.60. The van der Waals surface area contributed by atoms with Gasteiger partial charge in [0.2, 0.25) is 0 Å². The van der Waals surface area contributed by atoms with E-state index in [4.69, 9.17) is 5.84 Å². The van der Waals surface area contributed by atoms with E-state index in [-0.39, 0.29) is 10.8 Å². The number of pyridine rings is 2. The van der Waals surface area contributed by atoms with Gasteiger partial charge < -0.3 is 5.43 Å². The monoisotopic (exact) mass is 332 g/mol. The molecule has 0 saturated heterocycles. The van der Waals surface area contributed by atoms with Gasteiger partial charge in [-0.25, -0.2) is 24.6 Å². The van der Waals surface area contributed by atoms with Gasteiger partial charge in [-0.05, 0) is 39.8 Å². The number of rotatable bonds is 3. The maximum Gasteiger partial charge on any atom is 0.177 e. The Bertz CT molecular complexity index is 565. The zero-order chi connectivity index (χ0) is 13.1. The minimum atomic E-state index is -0.844. The molecule has 0 amide bonds. The second-order valence-corrected chi connectivity index (χ2v) is 5.09. The van der Waals surface area contributed by atoms with Gasteiger partial charge in [0.1, 0.15) is 10.1 Å². The number of nitrogens with zero attached hydrogens (tertiary/aromatic N) is 2. The molecule has 0 aliphatic carbocycles. The summed E-state index contributed by atoms with van der Waals surface area (Å²) in [5, 5.41) is 0.540. The van der Waals surface area contributed by atoms with E-state index in [0.29, 0.717) is 5.03 Å². The smallest absolute Gasteiger partial charge is 0.177 e. The van der Waals surface area contributed by atoms with E-state index in [1.54, 1.807) is 18.3 Å². The molecule has 2 aromatic heterocycles. The van der Waals surface area contributed by atoms with E-state index in [1.807, 2.05) is 0 Å². The second kappa shape index (κ2) is 5.59. The topological polar surface area (TPSA) is 63.8 Å². The molecule has 0 aliphatic rings. The van der Waals surface area contributed by atoms with Gasteiger partial charge >= 0.3 is 0 Å². The van der Waals surface area contributed by atoms with E-state index in [0.717, 1.165) is 22.3 Å². The van der Waals surface area contributed by atoms with Crippen LogP contribution in [0.4, 0.5) is 14.6 Å². The molecular formula is C10H7BrF2N4S. The first-order valence-electron chi connectivity index (χ1n) is 4.72. The number of hydrogen-bond donors (Lipinski definition) is 2. The highest BCUT2D eigenvalue weighted by Crippen LogP contribution is 2.29. The third kappa shape index (κ3) is 2.95. The fraction of sp³-hybridized carbons (Fsp3) is 0. The van der Waals surface area contributed by atoms with Gasteiger partial charge in [0.25, 0.3) is 0 Å². The number of aromatic nitrogens is 2. The maximum atomic E-state index is 13.5. The molecule has 8 heteroatoms. The number of hydrogen-bond acceptors (Lipinski definition) is 5. The van der Waals surface area contributed by atoms with Crippen LogP contribution in [0, 0.1) is 11.6 Å². The standard InChI is InChI=1S/C10H7BrF2N4S/c11-5-1-2-8(15-4-5)18-10-7(13)3-6(12)9(16-10)17-14/h1-4H,14H2,(H,16,17). The van der Waals surface area contributed by atoms with E-state index in [2.05, 4.69) is 31.3 Å². The van der Waals surface area contributed by atoms with Crippen molar-refractivity contribution in [2.45, 2.75) is 10.1 Å². The van der Waals surface area contributed by atoms with Crippen molar-refractivity contribution < 1.29 is 8.78 Å². The lowest BCUT2D eigenvalue weighted by molar-refractivity contribution is 0.551. The van der Waals surface area contributed by atoms with E-state index < -0.39 is 11.6 Å². The predicted octanol–water partition coefficient (Wildman–Crippen LogP) is 2.95. The van der Waals surface area contributed by atoms with Crippen LogP contribution in [0.25, 0.3) is 0 Å². The number of hydrazine groups is 1. The Balaban J connectivity index is 2.31. The number of nitrogens with one attached hydrogen (secondary N) is 1. The zero-order valence-corrected chi connectivity index (χ0v) is 11.2. The molecule has 0 bridgehead atoms. The number of nitrogen functional groups attached to an aromatic ring is 1. The van der Waals surface area contributed by atoms with Crippen LogP contribution in [-0.2, 0) is 0 Å². The fourth-order valence-corrected chi connectivity index (χ4v) is 2.11. The molecule has 0 aromatic carbocycles. The normalized spacial score (nSPS) is 10.4. The van der Waals surface area contributed by atoms with Crippen LogP contribution in [0.5, 0.6) is 0 Å². The lowest BCUT2D eigenvalue weighted by Crippen LogP contribution is -2.11. The molecule has 2 rings (SSSR count). The molecule has 3 N–H and O–H groups in total. The zero-order valence-electron chi connectivity index (χ0n) is 8.82. The molecule has 0 fully saturated rings. The highest BCUT2D eigenvalue weighted by Gasteiger charge is 2.12. The van der Waals surface area contributed by atoms with Crippen molar-refractivity contribution in [2.75, 3.05) is 5.43 Å². The third-order valence-electron chi connectivity index (χ3n) is 1.94. The Kier molecular flexibility index (Phi) is 4.10. The van der Waals surface area contributed by atoms with Crippen LogP contribution in [-0.4, -0.2) is 9.97 Å². The van der Waals surface area contributed by atoms with Crippen LogP contribution in [0.3, 0.4) is 0 Å². The minimum Gasteiger partial charge on any atom is -0.306 e. The minimum absolute atomic E-state index is 0.000766. The van der Waals surface area contributed by atoms with E-state index in [9.17, 15) is 8.78 Å². The Hall–Kier alpha value is -1.25. The van der Waals surface area contributed by atoms with Gasteiger partial charge in [0.05, 0.1) is 0 Å². The summed E-state index contributed by atoms with van der Waals surface area (Å²) in [4.78, 5) is 7.79. The highest BCUT2D eigenvalue weighted by molar-refractivity contribution is 9.10. The van der Waals surface area contributed by atoms with Crippen LogP contribution >= 0.6 is 27.7 Å². The molecule has 18 heavy (non-hydrogen) atoms. The molecule has 0 unspecified atom stereocenters. The lowest BCUT2D eigenvalue weighted by atomic mass is 10.4. The SMILES string of the molecule is NNc1nc(Sc2ccc(Br)cn2)c(F)cc1F. The van der Waals surface area contributed by atoms with Crippen molar-refractivity contribution in [3.05, 3.63) is 40.5 Å². The van der Waals surface area contributed by atoms with Crippen molar-refractivity contribution in [1.82, 2.24) is 9.97 Å². The van der Waals surface area contributed by atoms with Gasteiger partial charge in [0.15, 0.2) is 17.5 Å². The maximum absolute atomic E-state index is 13.5. The Morgan fingerprint density at radius 1 is 1.28 bits per heavy atom. The van der Waals surface area contributed by atoms with Crippen molar-refractivity contribution >= 4 is 33.5 Å². The number of nitrogens with two attached hydrogens (primary N) is 1. The Morgan fingerprint density at radius 2 is 2.06 bits per heavy atom. The van der Waals surface area contributed by atoms with Crippen LogP contribution < -0.4 is 11.3 Å². The highest BCUT2D eigenvalue weighted by atomic mass is 79.9. The summed E-state index contributed by atoms with van der Waals surface area (Å²) >= 11 is 4.22. The Morgan fingerprint density at radius 3 is 2.67 bits per heavy atom. The number of anilines is 1. The predicted molar refractivity (Wildman–Crippen MR) is 68.0 cm³/mol. The average Bonchev–Trinajstić information content (AvgIpc) is 2.35. The molecule has 2 aromatic rings. The summed E-state index contributed by atoms with van der Waals surface area (Å²) in [6.07, 6.45) is 1.58. The van der Waals surface area contributed by atoms with Crippen molar-refractivity contribution in [2.24, 2.45) is 5.84 Å². The lowest BCUT2D eigenvalue weighted by Gasteiger charge is -2.06. The summed E-state index contributed by atoms with van der Waals surface area (Å²) in [6, 6.07) is 4.18. The summed E-state index contributed by atoms with van der Waals surface area (Å²) < 4.78 is 27.5. The molecule has 0 atom stereocenters. The first-order valence-corrected chi connectivity index (χ1v) is 6.33. The third-order valence-corrected chi connectivity index (χ3v) is 3.33. The number of halogens is 3. The molecular weight excluding hydrogens is 326 g/mol. The molecule has 0 aliphatic heterocycles.